The molecular weight excluding hydrogens is 264 g/mol. The Hall–Kier alpha value is -1.69. The SMILES string of the molecule is CCCNc1nc(Cl)nc2c(NCCC)ncnc12. The number of fused-ring (bicyclic) bond motifs is 1. The van der Waals surface area contributed by atoms with Gasteiger partial charge in [-0.2, -0.15) is 4.98 Å². The zero-order chi connectivity index (χ0) is 13.7. The van der Waals surface area contributed by atoms with Crippen molar-refractivity contribution >= 4 is 34.3 Å². The van der Waals surface area contributed by atoms with Gasteiger partial charge in [0, 0.05) is 13.1 Å². The molecule has 0 saturated heterocycles. The fraction of sp³-hybridized carbons (Fsp3) is 0.500. The average Bonchev–Trinajstić information content (AvgIpc) is 2.42. The number of hydrogen-bond donors (Lipinski definition) is 2. The first-order valence-corrected chi connectivity index (χ1v) is 6.80. The van der Waals surface area contributed by atoms with Gasteiger partial charge in [-0.25, -0.2) is 15.0 Å². The predicted molar refractivity (Wildman–Crippen MR) is 77.7 cm³/mol. The van der Waals surface area contributed by atoms with Crippen LogP contribution < -0.4 is 10.6 Å². The average molecular weight is 281 g/mol. The molecule has 2 heterocycles. The highest BCUT2D eigenvalue weighted by molar-refractivity contribution is 6.28. The summed E-state index contributed by atoms with van der Waals surface area (Å²) < 4.78 is 0. The molecule has 0 saturated carbocycles. The van der Waals surface area contributed by atoms with E-state index in [4.69, 9.17) is 11.6 Å². The smallest absolute Gasteiger partial charge is 0.225 e. The van der Waals surface area contributed by atoms with Gasteiger partial charge in [-0.3, -0.25) is 0 Å². The lowest BCUT2D eigenvalue weighted by Gasteiger charge is -2.10. The van der Waals surface area contributed by atoms with E-state index in [1.54, 1.807) is 0 Å². The summed E-state index contributed by atoms with van der Waals surface area (Å²) in [6, 6.07) is 0. The third-order valence-corrected chi connectivity index (χ3v) is 2.71. The number of halogens is 1. The van der Waals surface area contributed by atoms with Crippen molar-refractivity contribution in [1.29, 1.82) is 0 Å². The first-order valence-electron chi connectivity index (χ1n) is 6.42. The van der Waals surface area contributed by atoms with Gasteiger partial charge in [0.15, 0.2) is 11.6 Å². The summed E-state index contributed by atoms with van der Waals surface area (Å²) in [4.78, 5) is 16.9. The summed E-state index contributed by atoms with van der Waals surface area (Å²) in [5.74, 6) is 1.34. The zero-order valence-electron chi connectivity index (χ0n) is 11.1. The highest BCUT2D eigenvalue weighted by atomic mass is 35.5. The number of rotatable bonds is 6. The van der Waals surface area contributed by atoms with Crippen molar-refractivity contribution in [2.45, 2.75) is 26.7 Å². The van der Waals surface area contributed by atoms with Gasteiger partial charge in [-0.1, -0.05) is 13.8 Å². The molecule has 0 aromatic carbocycles. The van der Waals surface area contributed by atoms with Crippen molar-refractivity contribution in [1.82, 2.24) is 19.9 Å². The summed E-state index contributed by atoms with van der Waals surface area (Å²) in [6.45, 7) is 5.81. The summed E-state index contributed by atoms with van der Waals surface area (Å²) >= 11 is 5.96. The Morgan fingerprint density at radius 1 is 0.947 bits per heavy atom. The number of aromatic nitrogens is 4. The molecule has 7 heteroatoms. The molecule has 0 unspecified atom stereocenters. The molecule has 0 aliphatic heterocycles. The summed E-state index contributed by atoms with van der Waals surface area (Å²) in [5.41, 5.74) is 1.33. The Balaban J connectivity index is 2.46. The van der Waals surface area contributed by atoms with E-state index < -0.39 is 0 Å². The molecule has 0 aliphatic rings. The first-order chi connectivity index (χ1) is 9.26. The van der Waals surface area contributed by atoms with Crippen LogP contribution in [0.1, 0.15) is 26.7 Å². The maximum atomic E-state index is 5.96. The summed E-state index contributed by atoms with van der Waals surface area (Å²) in [5, 5.41) is 6.62. The van der Waals surface area contributed by atoms with Crippen molar-refractivity contribution < 1.29 is 0 Å². The van der Waals surface area contributed by atoms with E-state index in [0.717, 1.165) is 25.9 Å². The molecule has 2 aromatic heterocycles. The minimum Gasteiger partial charge on any atom is -0.368 e. The van der Waals surface area contributed by atoms with Gasteiger partial charge < -0.3 is 10.6 Å². The van der Waals surface area contributed by atoms with Crippen LogP contribution >= 0.6 is 11.6 Å². The molecule has 19 heavy (non-hydrogen) atoms. The fourth-order valence-corrected chi connectivity index (χ4v) is 1.83. The second-order valence-corrected chi connectivity index (χ2v) is 4.45. The van der Waals surface area contributed by atoms with Crippen LogP contribution in [0.3, 0.4) is 0 Å². The van der Waals surface area contributed by atoms with Gasteiger partial charge in [0.2, 0.25) is 5.28 Å². The monoisotopic (exact) mass is 280 g/mol. The Kier molecular flexibility index (Phi) is 4.68. The molecule has 0 fully saturated rings. The number of anilines is 2. The molecule has 0 amide bonds. The summed E-state index contributed by atoms with van der Waals surface area (Å²) in [7, 11) is 0. The zero-order valence-corrected chi connectivity index (χ0v) is 11.8. The normalized spacial score (nSPS) is 10.7. The Bertz CT molecular complexity index is 559. The van der Waals surface area contributed by atoms with Crippen LogP contribution in [0.15, 0.2) is 6.33 Å². The van der Waals surface area contributed by atoms with Crippen LogP contribution in [-0.4, -0.2) is 33.0 Å². The van der Waals surface area contributed by atoms with Crippen molar-refractivity contribution in [2.24, 2.45) is 0 Å². The van der Waals surface area contributed by atoms with Crippen LogP contribution in [0, 0.1) is 0 Å². The predicted octanol–water partition coefficient (Wildman–Crippen LogP) is 2.72. The first kappa shape index (κ1) is 13.7. The van der Waals surface area contributed by atoms with Crippen LogP contribution in [0.5, 0.6) is 0 Å². The minimum atomic E-state index is 0.195. The fourth-order valence-electron chi connectivity index (χ4n) is 1.66. The van der Waals surface area contributed by atoms with Crippen LogP contribution in [0.25, 0.3) is 11.0 Å². The lowest BCUT2D eigenvalue weighted by molar-refractivity contribution is 0.960. The van der Waals surface area contributed by atoms with E-state index in [-0.39, 0.29) is 5.28 Å². The van der Waals surface area contributed by atoms with Crippen LogP contribution in [0.2, 0.25) is 5.28 Å². The Labute approximate surface area is 117 Å². The third-order valence-electron chi connectivity index (χ3n) is 2.54. The molecule has 2 aromatic rings. The van der Waals surface area contributed by atoms with Crippen molar-refractivity contribution in [3.63, 3.8) is 0 Å². The highest BCUT2D eigenvalue weighted by Gasteiger charge is 2.11. The van der Waals surface area contributed by atoms with E-state index >= 15 is 0 Å². The lowest BCUT2D eigenvalue weighted by Crippen LogP contribution is -2.08. The molecule has 0 radical (unpaired) electrons. The highest BCUT2D eigenvalue weighted by Crippen LogP contribution is 2.24. The second-order valence-electron chi connectivity index (χ2n) is 4.11. The number of hydrogen-bond acceptors (Lipinski definition) is 6. The van der Waals surface area contributed by atoms with Crippen LogP contribution in [0.4, 0.5) is 11.6 Å². The van der Waals surface area contributed by atoms with E-state index in [1.807, 2.05) is 0 Å². The standard InChI is InChI=1S/C12H17ClN6/c1-3-5-14-10-9-8(16-7-17-10)11(15-6-4-2)19-12(13)18-9/h7H,3-6H2,1-2H3,(H,14,16,17)(H,15,18,19). The lowest BCUT2D eigenvalue weighted by atomic mass is 10.3. The molecule has 2 rings (SSSR count). The van der Waals surface area contributed by atoms with Gasteiger partial charge in [0.1, 0.15) is 17.4 Å². The van der Waals surface area contributed by atoms with Crippen molar-refractivity contribution in [2.75, 3.05) is 23.7 Å². The topological polar surface area (TPSA) is 75.6 Å². The molecule has 0 spiro atoms. The van der Waals surface area contributed by atoms with Crippen LogP contribution in [-0.2, 0) is 0 Å². The Morgan fingerprint density at radius 2 is 1.63 bits per heavy atom. The molecule has 2 N–H and O–H groups in total. The van der Waals surface area contributed by atoms with Crippen molar-refractivity contribution in [3.8, 4) is 0 Å². The molecule has 0 aliphatic carbocycles. The van der Waals surface area contributed by atoms with E-state index in [9.17, 15) is 0 Å². The van der Waals surface area contributed by atoms with Gasteiger partial charge in [0.25, 0.3) is 0 Å². The third kappa shape index (κ3) is 3.20. The minimum absolute atomic E-state index is 0.195. The molecule has 6 nitrogen and oxygen atoms in total. The van der Waals surface area contributed by atoms with E-state index in [1.165, 1.54) is 6.33 Å². The largest absolute Gasteiger partial charge is 0.368 e. The van der Waals surface area contributed by atoms with E-state index in [0.29, 0.717) is 22.7 Å². The number of nitrogens with one attached hydrogen (secondary N) is 2. The van der Waals surface area contributed by atoms with Gasteiger partial charge >= 0.3 is 0 Å². The molecule has 102 valence electrons. The maximum absolute atomic E-state index is 5.96. The van der Waals surface area contributed by atoms with Crippen molar-refractivity contribution in [3.05, 3.63) is 11.6 Å². The molecular formula is C12H17ClN6. The quantitative estimate of drug-likeness (QED) is 0.793. The van der Waals surface area contributed by atoms with Gasteiger partial charge in [-0.15, -0.1) is 0 Å². The van der Waals surface area contributed by atoms with Gasteiger partial charge in [0.05, 0.1) is 0 Å². The molecule has 0 atom stereocenters. The maximum Gasteiger partial charge on any atom is 0.225 e. The number of nitrogens with zero attached hydrogens (tertiary/aromatic N) is 4. The molecule has 0 bridgehead atoms. The Morgan fingerprint density at radius 3 is 2.32 bits per heavy atom. The summed E-state index contributed by atoms with van der Waals surface area (Å²) in [6.07, 6.45) is 3.51. The second kappa shape index (κ2) is 6.47. The van der Waals surface area contributed by atoms with E-state index in [2.05, 4.69) is 44.4 Å². The van der Waals surface area contributed by atoms with Gasteiger partial charge in [-0.05, 0) is 24.4 Å².